The monoisotopic (exact) mass is 252 g/mol. The highest BCUT2D eigenvalue weighted by Gasteiger charge is 2.10. The second-order valence-corrected chi connectivity index (χ2v) is 5.90. The van der Waals surface area contributed by atoms with Crippen LogP contribution in [0.5, 0.6) is 0 Å². The van der Waals surface area contributed by atoms with Crippen LogP contribution in [0.2, 0.25) is 0 Å². The van der Waals surface area contributed by atoms with E-state index in [1.54, 1.807) is 0 Å². The van der Waals surface area contributed by atoms with E-state index < -0.39 is 0 Å². The van der Waals surface area contributed by atoms with E-state index in [2.05, 4.69) is 71.0 Å². The van der Waals surface area contributed by atoms with Crippen LogP contribution < -0.4 is 0 Å². The van der Waals surface area contributed by atoms with Gasteiger partial charge in [-0.1, -0.05) is 54.4 Å². The second-order valence-electron chi connectivity index (χ2n) is 5.90. The molecule has 0 aliphatic heterocycles. The minimum atomic E-state index is 0.571. The van der Waals surface area contributed by atoms with Gasteiger partial charge < -0.3 is 0 Å². The molecule has 2 aromatic rings. The van der Waals surface area contributed by atoms with E-state index >= 15 is 0 Å². The maximum atomic E-state index is 2.33. The zero-order chi connectivity index (χ0) is 14.0. The highest BCUT2D eigenvalue weighted by Crippen LogP contribution is 2.25. The van der Waals surface area contributed by atoms with E-state index in [0.717, 1.165) is 6.42 Å². The Balaban J connectivity index is 2.23. The molecule has 0 bridgehead atoms. The fourth-order valence-electron chi connectivity index (χ4n) is 2.89. The van der Waals surface area contributed by atoms with E-state index in [-0.39, 0.29) is 0 Å². The molecule has 0 aliphatic rings. The van der Waals surface area contributed by atoms with Crippen LogP contribution in [-0.4, -0.2) is 0 Å². The lowest BCUT2D eigenvalue weighted by Crippen LogP contribution is -2.02. The average Bonchev–Trinajstić information content (AvgIpc) is 2.32. The molecule has 0 aliphatic carbocycles. The average molecular weight is 252 g/mol. The Labute approximate surface area is 117 Å². The van der Waals surface area contributed by atoms with Gasteiger partial charge in [0.05, 0.1) is 0 Å². The Kier molecular flexibility index (Phi) is 4.09. The number of hydrogen-bond acceptors (Lipinski definition) is 0. The molecule has 0 saturated heterocycles. The first kappa shape index (κ1) is 13.9. The lowest BCUT2D eigenvalue weighted by molar-refractivity contribution is 0.749. The van der Waals surface area contributed by atoms with Gasteiger partial charge in [-0.15, -0.1) is 0 Å². The fourth-order valence-corrected chi connectivity index (χ4v) is 2.89. The van der Waals surface area contributed by atoms with Gasteiger partial charge in [0, 0.05) is 0 Å². The SMILES string of the molecule is Cc1ccc(CC(C)c2ccc(C)cc2C)c(C)c1. The molecule has 1 atom stereocenters. The number of aryl methyl sites for hydroxylation is 4. The molecule has 0 amide bonds. The zero-order valence-electron chi connectivity index (χ0n) is 12.7. The van der Waals surface area contributed by atoms with Crippen LogP contribution in [0.25, 0.3) is 0 Å². The molecule has 0 aromatic heterocycles. The molecule has 1 unspecified atom stereocenters. The van der Waals surface area contributed by atoms with Crippen molar-refractivity contribution in [2.24, 2.45) is 0 Å². The maximum absolute atomic E-state index is 2.33. The fraction of sp³-hybridized carbons (Fsp3) is 0.368. The van der Waals surface area contributed by atoms with Gasteiger partial charge in [-0.05, 0) is 62.3 Å². The third-order valence-electron chi connectivity index (χ3n) is 3.98. The summed E-state index contributed by atoms with van der Waals surface area (Å²) in [5.74, 6) is 0.571. The third-order valence-corrected chi connectivity index (χ3v) is 3.98. The zero-order valence-corrected chi connectivity index (χ0v) is 12.7. The molecule has 0 N–H and O–H groups in total. The minimum absolute atomic E-state index is 0.571. The summed E-state index contributed by atoms with van der Waals surface area (Å²) >= 11 is 0. The minimum Gasteiger partial charge on any atom is -0.0590 e. The van der Waals surface area contributed by atoms with Crippen LogP contribution in [0, 0.1) is 27.7 Å². The van der Waals surface area contributed by atoms with E-state index in [4.69, 9.17) is 0 Å². The van der Waals surface area contributed by atoms with E-state index in [9.17, 15) is 0 Å². The predicted molar refractivity (Wildman–Crippen MR) is 84.0 cm³/mol. The molecule has 0 nitrogen and oxygen atoms in total. The quantitative estimate of drug-likeness (QED) is 0.698. The highest BCUT2D eigenvalue weighted by molar-refractivity contribution is 5.36. The van der Waals surface area contributed by atoms with E-state index in [0.29, 0.717) is 5.92 Å². The van der Waals surface area contributed by atoms with Gasteiger partial charge in [0.1, 0.15) is 0 Å². The molecule has 0 heterocycles. The van der Waals surface area contributed by atoms with Gasteiger partial charge >= 0.3 is 0 Å². The molecular formula is C19H24. The van der Waals surface area contributed by atoms with E-state index in [1.807, 2.05) is 0 Å². The normalized spacial score (nSPS) is 12.5. The molecular weight excluding hydrogens is 228 g/mol. The van der Waals surface area contributed by atoms with Gasteiger partial charge in [0.15, 0.2) is 0 Å². The van der Waals surface area contributed by atoms with Crippen molar-refractivity contribution in [3.63, 3.8) is 0 Å². The van der Waals surface area contributed by atoms with Crippen molar-refractivity contribution >= 4 is 0 Å². The number of benzene rings is 2. The number of rotatable bonds is 3. The van der Waals surface area contributed by atoms with Crippen molar-refractivity contribution in [1.29, 1.82) is 0 Å². The Morgan fingerprint density at radius 2 is 1.37 bits per heavy atom. The molecule has 0 heteroatoms. The van der Waals surface area contributed by atoms with Crippen LogP contribution >= 0.6 is 0 Å². The summed E-state index contributed by atoms with van der Waals surface area (Å²) in [6, 6.07) is 13.6. The molecule has 0 fully saturated rings. The first-order valence-electron chi connectivity index (χ1n) is 7.10. The summed E-state index contributed by atoms with van der Waals surface area (Å²) in [4.78, 5) is 0. The van der Waals surface area contributed by atoms with Crippen LogP contribution in [0.3, 0.4) is 0 Å². The summed E-state index contributed by atoms with van der Waals surface area (Å²) in [5, 5.41) is 0. The van der Waals surface area contributed by atoms with Crippen molar-refractivity contribution in [3.05, 3.63) is 69.8 Å². The van der Waals surface area contributed by atoms with Crippen molar-refractivity contribution < 1.29 is 0 Å². The van der Waals surface area contributed by atoms with Crippen LogP contribution in [0.15, 0.2) is 36.4 Å². The van der Waals surface area contributed by atoms with Crippen molar-refractivity contribution in [2.75, 3.05) is 0 Å². The standard InChI is InChI=1S/C19H24/c1-13-6-8-18(15(3)10-13)12-17(5)19-9-7-14(2)11-16(19)4/h6-11,17H,12H2,1-5H3. The first-order chi connectivity index (χ1) is 8.97. The van der Waals surface area contributed by atoms with Gasteiger partial charge in [0.2, 0.25) is 0 Å². The molecule has 0 spiro atoms. The summed E-state index contributed by atoms with van der Waals surface area (Å²) in [5.41, 5.74) is 8.47. The summed E-state index contributed by atoms with van der Waals surface area (Å²) in [7, 11) is 0. The summed E-state index contributed by atoms with van der Waals surface area (Å²) in [6.45, 7) is 11.1. The topological polar surface area (TPSA) is 0 Å². The number of hydrogen-bond donors (Lipinski definition) is 0. The van der Waals surface area contributed by atoms with Crippen LogP contribution in [-0.2, 0) is 6.42 Å². The van der Waals surface area contributed by atoms with Gasteiger partial charge in [-0.2, -0.15) is 0 Å². The third kappa shape index (κ3) is 3.26. The van der Waals surface area contributed by atoms with Crippen LogP contribution in [0.1, 0.15) is 46.2 Å². The molecule has 0 radical (unpaired) electrons. The van der Waals surface area contributed by atoms with Gasteiger partial charge in [-0.3, -0.25) is 0 Å². The van der Waals surface area contributed by atoms with Crippen molar-refractivity contribution in [3.8, 4) is 0 Å². The Morgan fingerprint density at radius 3 is 1.95 bits per heavy atom. The molecule has 2 rings (SSSR count). The molecule has 100 valence electrons. The lowest BCUT2D eigenvalue weighted by Gasteiger charge is -2.17. The predicted octanol–water partition coefficient (Wildman–Crippen LogP) is 5.27. The lowest BCUT2D eigenvalue weighted by atomic mass is 9.88. The largest absolute Gasteiger partial charge is 0.0590 e. The van der Waals surface area contributed by atoms with Crippen molar-refractivity contribution in [1.82, 2.24) is 0 Å². The smallest absolute Gasteiger partial charge is 0.0147 e. The van der Waals surface area contributed by atoms with Crippen molar-refractivity contribution in [2.45, 2.75) is 47.0 Å². The Morgan fingerprint density at radius 1 is 0.789 bits per heavy atom. The van der Waals surface area contributed by atoms with Crippen LogP contribution in [0.4, 0.5) is 0 Å². The Hall–Kier alpha value is -1.56. The maximum Gasteiger partial charge on any atom is -0.0147 e. The van der Waals surface area contributed by atoms with Gasteiger partial charge in [-0.25, -0.2) is 0 Å². The second kappa shape index (κ2) is 5.61. The summed E-state index contributed by atoms with van der Waals surface area (Å²) < 4.78 is 0. The van der Waals surface area contributed by atoms with Gasteiger partial charge in [0.25, 0.3) is 0 Å². The van der Waals surface area contributed by atoms with E-state index in [1.165, 1.54) is 33.4 Å². The molecule has 19 heavy (non-hydrogen) atoms. The molecule has 2 aromatic carbocycles. The first-order valence-corrected chi connectivity index (χ1v) is 7.10. The highest BCUT2D eigenvalue weighted by atomic mass is 14.2. The summed E-state index contributed by atoms with van der Waals surface area (Å²) in [6.07, 6.45) is 1.12. The Bertz CT molecular complexity index is 579. The molecule has 0 saturated carbocycles.